The van der Waals surface area contributed by atoms with Gasteiger partial charge in [-0.2, -0.15) is 0 Å². The summed E-state index contributed by atoms with van der Waals surface area (Å²) in [7, 11) is 0. The SMILES string of the molecule is C[C@@H]1Cc2noc(-c3ccc(F)cc3F)c2CN1C(=O)Nc1cc(F)c(F)c(F)c1. The molecule has 0 unspecified atom stereocenters. The first kappa shape index (κ1) is 19.9. The molecule has 5 nitrogen and oxygen atoms in total. The lowest BCUT2D eigenvalue weighted by Crippen LogP contribution is -2.44. The minimum atomic E-state index is -1.64. The summed E-state index contributed by atoms with van der Waals surface area (Å²) in [5, 5.41) is 6.24. The number of carbonyl (C=O) groups excluding carboxylic acids is 1. The van der Waals surface area contributed by atoms with E-state index in [1.807, 2.05) is 0 Å². The van der Waals surface area contributed by atoms with Gasteiger partial charge in [0.15, 0.2) is 23.2 Å². The van der Waals surface area contributed by atoms with E-state index in [2.05, 4.69) is 10.5 Å². The first-order valence-corrected chi connectivity index (χ1v) is 8.89. The molecule has 0 aliphatic carbocycles. The summed E-state index contributed by atoms with van der Waals surface area (Å²) >= 11 is 0. The maximum absolute atomic E-state index is 14.2. The quantitative estimate of drug-likeness (QED) is 0.465. The molecule has 3 aromatic rings. The predicted molar refractivity (Wildman–Crippen MR) is 95.9 cm³/mol. The highest BCUT2D eigenvalue weighted by Gasteiger charge is 2.33. The van der Waals surface area contributed by atoms with Gasteiger partial charge in [0.2, 0.25) is 0 Å². The fraction of sp³-hybridized carbons (Fsp3) is 0.200. The van der Waals surface area contributed by atoms with Crippen molar-refractivity contribution in [3.05, 3.63) is 70.7 Å². The Morgan fingerprint density at radius 2 is 1.80 bits per heavy atom. The van der Waals surface area contributed by atoms with Gasteiger partial charge in [-0.05, 0) is 19.1 Å². The van der Waals surface area contributed by atoms with Crippen molar-refractivity contribution < 1.29 is 31.3 Å². The molecule has 0 radical (unpaired) electrons. The van der Waals surface area contributed by atoms with Crippen molar-refractivity contribution in [2.45, 2.75) is 25.9 Å². The van der Waals surface area contributed by atoms with E-state index < -0.39 is 35.1 Å². The molecular formula is C20H14F5N3O2. The standard InChI is InChI=1S/C20H14F5N3O2/c1-9-4-17-13(19(30-27-17)12-3-2-10(21)5-14(12)22)8-28(9)20(29)26-11-6-15(23)18(25)16(24)7-11/h2-3,5-7,9H,4,8H2,1H3,(H,26,29)/t9-/m1/s1. The lowest BCUT2D eigenvalue weighted by atomic mass is 9.97. The minimum Gasteiger partial charge on any atom is -0.356 e. The molecule has 1 N–H and O–H groups in total. The number of aromatic nitrogens is 1. The van der Waals surface area contributed by atoms with E-state index >= 15 is 0 Å². The van der Waals surface area contributed by atoms with E-state index in [9.17, 15) is 26.7 Å². The highest BCUT2D eigenvalue weighted by molar-refractivity contribution is 5.90. The van der Waals surface area contributed by atoms with E-state index in [0.29, 0.717) is 29.5 Å². The van der Waals surface area contributed by atoms with E-state index in [4.69, 9.17) is 4.52 Å². The number of hydrogen-bond acceptors (Lipinski definition) is 3. The topological polar surface area (TPSA) is 58.4 Å². The van der Waals surface area contributed by atoms with Crippen molar-refractivity contribution in [3.63, 3.8) is 0 Å². The highest BCUT2D eigenvalue weighted by atomic mass is 19.2. The van der Waals surface area contributed by atoms with Gasteiger partial charge in [0.25, 0.3) is 0 Å². The molecular weight excluding hydrogens is 409 g/mol. The Hall–Kier alpha value is -3.43. The number of urea groups is 1. The zero-order valence-electron chi connectivity index (χ0n) is 15.5. The summed E-state index contributed by atoms with van der Waals surface area (Å²) in [6, 6.07) is 3.23. The van der Waals surface area contributed by atoms with Crippen LogP contribution in [0.2, 0.25) is 0 Å². The van der Waals surface area contributed by atoms with Crippen molar-refractivity contribution in [1.82, 2.24) is 10.1 Å². The number of amides is 2. The lowest BCUT2D eigenvalue weighted by Gasteiger charge is -2.32. The molecule has 0 saturated heterocycles. The van der Waals surface area contributed by atoms with Gasteiger partial charge in [-0.3, -0.25) is 0 Å². The van der Waals surface area contributed by atoms with E-state index in [0.717, 1.165) is 6.07 Å². The monoisotopic (exact) mass is 423 g/mol. The van der Waals surface area contributed by atoms with Gasteiger partial charge < -0.3 is 14.7 Å². The van der Waals surface area contributed by atoms with Crippen LogP contribution in [0.15, 0.2) is 34.9 Å². The van der Waals surface area contributed by atoms with Crippen molar-refractivity contribution >= 4 is 11.7 Å². The van der Waals surface area contributed by atoms with Crippen molar-refractivity contribution in [2.75, 3.05) is 5.32 Å². The van der Waals surface area contributed by atoms with Gasteiger partial charge in [0.1, 0.15) is 11.6 Å². The zero-order valence-corrected chi connectivity index (χ0v) is 15.5. The molecule has 0 bridgehead atoms. The van der Waals surface area contributed by atoms with Gasteiger partial charge >= 0.3 is 6.03 Å². The number of carbonyl (C=O) groups is 1. The fourth-order valence-electron chi connectivity index (χ4n) is 3.36. The Morgan fingerprint density at radius 3 is 2.47 bits per heavy atom. The molecule has 0 saturated carbocycles. The molecule has 1 aliphatic rings. The maximum atomic E-state index is 14.2. The third-order valence-corrected chi connectivity index (χ3v) is 4.89. The average Bonchev–Trinajstić information content (AvgIpc) is 3.07. The maximum Gasteiger partial charge on any atom is 0.322 e. The van der Waals surface area contributed by atoms with Crippen molar-refractivity contribution in [1.29, 1.82) is 0 Å². The number of benzene rings is 2. The molecule has 2 amide bonds. The molecule has 156 valence electrons. The van der Waals surface area contributed by atoms with Crippen LogP contribution in [0.5, 0.6) is 0 Å². The number of nitrogens with one attached hydrogen (secondary N) is 1. The summed E-state index contributed by atoms with van der Waals surface area (Å²) in [5.74, 6) is -6.05. The van der Waals surface area contributed by atoms with Crippen LogP contribution in [0.25, 0.3) is 11.3 Å². The van der Waals surface area contributed by atoms with Gasteiger partial charge in [0.05, 0.1) is 17.8 Å². The van der Waals surface area contributed by atoms with Crippen LogP contribution >= 0.6 is 0 Å². The van der Waals surface area contributed by atoms with Gasteiger partial charge in [-0.1, -0.05) is 5.16 Å². The van der Waals surface area contributed by atoms with Crippen molar-refractivity contribution in [3.8, 4) is 11.3 Å². The highest BCUT2D eigenvalue weighted by Crippen LogP contribution is 2.34. The van der Waals surface area contributed by atoms with Gasteiger partial charge in [-0.25, -0.2) is 26.7 Å². The smallest absolute Gasteiger partial charge is 0.322 e. The molecule has 0 spiro atoms. The zero-order chi connectivity index (χ0) is 21.6. The fourth-order valence-corrected chi connectivity index (χ4v) is 3.36. The Morgan fingerprint density at radius 1 is 1.10 bits per heavy atom. The first-order chi connectivity index (χ1) is 14.2. The number of halogens is 5. The van der Waals surface area contributed by atoms with Crippen LogP contribution in [0.1, 0.15) is 18.2 Å². The van der Waals surface area contributed by atoms with Gasteiger partial charge in [-0.15, -0.1) is 0 Å². The number of anilines is 1. The summed E-state index contributed by atoms with van der Waals surface area (Å²) in [5.41, 5.74) is 0.682. The van der Waals surface area contributed by atoms with Gasteiger partial charge in [0, 0.05) is 41.9 Å². The molecule has 4 rings (SSSR count). The number of nitrogens with zero attached hydrogens (tertiary/aromatic N) is 2. The molecule has 0 fully saturated rings. The molecule has 1 atom stereocenters. The Bertz CT molecular complexity index is 1120. The Balaban J connectivity index is 1.61. The molecule has 2 aromatic carbocycles. The molecule has 30 heavy (non-hydrogen) atoms. The summed E-state index contributed by atoms with van der Waals surface area (Å²) < 4.78 is 72.6. The van der Waals surface area contributed by atoms with Crippen LogP contribution in [-0.4, -0.2) is 22.1 Å². The second kappa shape index (κ2) is 7.43. The summed E-state index contributed by atoms with van der Waals surface area (Å²) in [6.45, 7) is 1.69. The molecule has 1 aromatic heterocycles. The molecule has 1 aliphatic heterocycles. The number of hydrogen-bond donors (Lipinski definition) is 1. The van der Waals surface area contributed by atoms with Crippen LogP contribution in [-0.2, 0) is 13.0 Å². The van der Waals surface area contributed by atoms with E-state index in [1.54, 1.807) is 6.92 Å². The second-order valence-electron chi connectivity index (χ2n) is 6.93. The van der Waals surface area contributed by atoms with E-state index in [1.165, 1.54) is 11.0 Å². The average molecular weight is 423 g/mol. The minimum absolute atomic E-state index is 0.0114. The lowest BCUT2D eigenvalue weighted by molar-refractivity contribution is 0.182. The summed E-state index contributed by atoms with van der Waals surface area (Å²) in [6.07, 6.45) is 0.279. The third-order valence-electron chi connectivity index (χ3n) is 4.89. The third kappa shape index (κ3) is 3.49. The largest absolute Gasteiger partial charge is 0.356 e. The normalized spacial score (nSPS) is 15.8. The number of fused-ring (bicyclic) bond motifs is 1. The van der Waals surface area contributed by atoms with Crippen LogP contribution < -0.4 is 5.32 Å². The Labute approximate surface area is 167 Å². The summed E-state index contributed by atoms with van der Waals surface area (Å²) in [4.78, 5) is 14.0. The van der Waals surface area contributed by atoms with E-state index in [-0.39, 0.29) is 36.0 Å². The molecule has 2 heterocycles. The Kier molecular flexibility index (Phi) is 4.92. The first-order valence-electron chi connectivity index (χ1n) is 8.89. The second-order valence-corrected chi connectivity index (χ2v) is 6.93. The predicted octanol–water partition coefficient (Wildman–Crippen LogP) is 5.02. The van der Waals surface area contributed by atoms with Crippen molar-refractivity contribution in [2.24, 2.45) is 0 Å². The van der Waals surface area contributed by atoms with Crippen LogP contribution in [0, 0.1) is 29.1 Å². The van der Waals surface area contributed by atoms with Crippen LogP contribution in [0.3, 0.4) is 0 Å². The number of rotatable bonds is 2. The van der Waals surface area contributed by atoms with Crippen LogP contribution in [0.4, 0.5) is 32.4 Å². The molecule has 10 heteroatoms.